The molecule has 0 aliphatic rings. The van der Waals surface area contributed by atoms with Crippen LogP contribution in [0.25, 0.3) is 0 Å². The lowest BCUT2D eigenvalue weighted by atomic mass is 10.3. The van der Waals surface area contributed by atoms with Gasteiger partial charge in [-0.15, -0.1) is 0 Å². The van der Waals surface area contributed by atoms with E-state index in [0.717, 1.165) is 0 Å². The van der Waals surface area contributed by atoms with Crippen molar-refractivity contribution < 1.29 is 13.2 Å². The van der Waals surface area contributed by atoms with Crippen molar-refractivity contribution >= 4 is 38.9 Å². The van der Waals surface area contributed by atoms with Crippen molar-refractivity contribution in [3.05, 3.63) is 52.5 Å². The first kappa shape index (κ1) is 15.9. The highest BCUT2D eigenvalue weighted by molar-refractivity contribution is 7.92. The van der Waals surface area contributed by atoms with Gasteiger partial charge >= 0.3 is 0 Å². The SMILES string of the molecule is CCOc1cccc(NS(=O)(=O)c2cc(Cl)ccc2Cl)c1. The van der Waals surface area contributed by atoms with Gasteiger partial charge in [-0.05, 0) is 37.3 Å². The van der Waals surface area contributed by atoms with Crippen molar-refractivity contribution in [2.45, 2.75) is 11.8 Å². The number of ether oxygens (including phenoxy) is 1. The van der Waals surface area contributed by atoms with Gasteiger partial charge in [-0.25, -0.2) is 8.42 Å². The molecule has 2 aromatic rings. The van der Waals surface area contributed by atoms with Crippen LogP contribution in [0.1, 0.15) is 6.92 Å². The van der Waals surface area contributed by atoms with Gasteiger partial charge < -0.3 is 4.74 Å². The fraction of sp³-hybridized carbons (Fsp3) is 0.143. The summed E-state index contributed by atoms with van der Waals surface area (Å²) >= 11 is 11.7. The molecule has 0 aromatic heterocycles. The van der Waals surface area contributed by atoms with Crippen LogP contribution in [0, 0.1) is 0 Å². The fourth-order valence-corrected chi connectivity index (χ4v) is 3.52. The van der Waals surface area contributed by atoms with Crippen LogP contribution < -0.4 is 9.46 Å². The van der Waals surface area contributed by atoms with Crippen LogP contribution in [-0.4, -0.2) is 15.0 Å². The number of hydrogen-bond acceptors (Lipinski definition) is 3. The van der Waals surface area contributed by atoms with E-state index in [1.165, 1.54) is 18.2 Å². The van der Waals surface area contributed by atoms with Crippen LogP contribution in [0.2, 0.25) is 10.0 Å². The monoisotopic (exact) mass is 345 g/mol. The summed E-state index contributed by atoms with van der Waals surface area (Å²) in [5.74, 6) is 0.579. The largest absolute Gasteiger partial charge is 0.494 e. The lowest BCUT2D eigenvalue weighted by Gasteiger charge is -2.11. The Labute approximate surface area is 133 Å². The summed E-state index contributed by atoms with van der Waals surface area (Å²) in [5.41, 5.74) is 0.386. The van der Waals surface area contributed by atoms with Crippen LogP contribution in [0.4, 0.5) is 5.69 Å². The van der Waals surface area contributed by atoms with Gasteiger partial charge in [-0.1, -0.05) is 29.3 Å². The van der Waals surface area contributed by atoms with Crippen molar-refractivity contribution in [3.63, 3.8) is 0 Å². The van der Waals surface area contributed by atoms with Crippen LogP contribution in [0.3, 0.4) is 0 Å². The average Bonchev–Trinajstić information content (AvgIpc) is 2.42. The number of halogens is 2. The topological polar surface area (TPSA) is 55.4 Å². The second-order valence-corrected chi connectivity index (χ2v) is 6.64. The second kappa shape index (κ2) is 6.56. The summed E-state index contributed by atoms with van der Waals surface area (Å²) in [6.07, 6.45) is 0. The number of anilines is 1. The molecular weight excluding hydrogens is 333 g/mol. The van der Waals surface area contributed by atoms with E-state index in [-0.39, 0.29) is 9.92 Å². The zero-order valence-electron chi connectivity index (χ0n) is 11.1. The summed E-state index contributed by atoms with van der Waals surface area (Å²) in [6, 6.07) is 10.9. The third-order valence-corrected chi connectivity index (χ3v) is 4.68. The van der Waals surface area contributed by atoms with Crippen molar-refractivity contribution in [2.24, 2.45) is 0 Å². The standard InChI is InChI=1S/C14H13Cl2NO3S/c1-2-20-12-5-3-4-11(9-12)17-21(18,19)14-8-10(15)6-7-13(14)16/h3-9,17H,2H2,1H3. The Morgan fingerprint density at radius 2 is 1.90 bits per heavy atom. The molecule has 21 heavy (non-hydrogen) atoms. The van der Waals surface area contributed by atoms with Crippen molar-refractivity contribution in [1.29, 1.82) is 0 Å². The maximum Gasteiger partial charge on any atom is 0.263 e. The molecule has 7 heteroatoms. The van der Waals surface area contributed by atoms with Gasteiger partial charge in [0.15, 0.2) is 0 Å². The number of benzene rings is 2. The fourth-order valence-electron chi connectivity index (χ4n) is 1.71. The number of sulfonamides is 1. The minimum absolute atomic E-state index is 0.0709. The molecule has 0 unspecified atom stereocenters. The molecule has 4 nitrogen and oxygen atoms in total. The van der Waals surface area contributed by atoms with E-state index in [1.54, 1.807) is 24.3 Å². The van der Waals surface area contributed by atoms with E-state index < -0.39 is 10.0 Å². The van der Waals surface area contributed by atoms with Crippen LogP contribution in [-0.2, 0) is 10.0 Å². The third kappa shape index (κ3) is 4.03. The van der Waals surface area contributed by atoms with E-state index in [2.05, 4.69) is 4.72 Å². The summed E-state index contributed by atoms with van der Waals surface area (Å²) in [4.78, 5) is -0.0709. The molecule has 112 valence electrons. The molecule has 0 bridgehead atoms. The summed E-state index contributed by atoms with van der Waals surface area (Å²) in [7, 11) is -3.82. The second-order valence-electron chi connectivity index (χ2n) is 4.14. The molecule has 0 saturated carbocycles. The molecule has 0 amide bonds. The molecule has 0 fully saturated rings. The number of nitrogens with one attached hydrogen (secondary N) is 1. The summed E-state index contributed by atoms with van der Waals surface area (Å²) < 4.78 is 32.5. The molecule has 0 atom stereocenters. The highest BCUT2D eigenvalue weighted by Gasteiger charge is 2.18. The number of rotatable bonds is 5. The Hall–Kier alpha value is -1.43. The molecule has 0 aliphatic heterocycles. The first-order valence-electron chi connectivity index (χ1n) is 6.13. The molecule has 0 saturated heterocycles. The van der Waals surface area contributed by atoms with Crippen molar-refractivity contribution in [3.8, 4) is 5.75 Å². The zero-order valence-corrected chi connectivity index (χ0v) is 13.5. The smallest absolute Gasteiger partial charge is 0.263 e. The summed E-state index contributed by atoms with van der Waals surface area (Å²) in [6.45, 7) is 2.35. The number of hydrogen-bond donors (Lipinski definition) is 1. The third-order valence-electron chi connectivity index (χ3n) is 2.58. The van der Waals surface area contributed by atoms with E-state index in [9.17, 15) is 8.42 Å². The molecule has 0 heterocycles. The lowest BCUT2D eigenvalue weighted by Crippen LogP contribution is -2.13. The Morgan fingerprint density at radius 3 is 2.62 bits per heavy atom. The minimum atomic E-state index is -3.82. The molecule has 1 N–H and O–H groups in total. The maximum absolute atomic E-state index is 12.3. The average molecular weight is 346 g/mol. The normalized spacial score (nSPS) is 11.2. The Kier molecular flexibility index (Phi) is 4.98. The summed E-state index contributed by atoms with van der Waals surface area (Å²) in [5, 5.41) is 0.399. The molecular formula is C14H13Cl2NO3S. The highest BCUT2D eigenvalue weighted by atomic mass is 35.5. The van der Waals surface area contributed by atoms with Gasteiger partial charge in [0.05, 0.1) is 17.3 Å². The van der Waals surface area contributed by atoms with Crippen molar-refractivity contribution in [2.75, 3.05) is 11.3 Å². The van der Waals surface area contributed by atoms with Gasteiger partial charge in [0, 0.05) is 11.1 Å². The van der Waals surface area contributed by atoms with E-state index >= 15 is 0 Å². The molecule has 2 aromatic carbocycles. The van der Waals surface area contributed by atoms with Crippen LogP contribution in [0.5, 0.6) is 5.75 Å². The molecule has 0 aliphatic carbocycles. The Bertz CT molecular complexity index is 748. The van der Waals surface area contributed by atoms with Gasteiger partial charge in [-0.3, -0.25) is 4.72 Å². The van der Waals surface area contributed by atoms with E-state index in [1.807, 2.05) is 6.92 Å². The van der Waals surface area contributed by atoms with Gasteiger partial charge in [0.1, 0.15) is 10.6 Å². The first-order valence-corrected chi connectivity index (χ1v) is 8.37. The first-order chi connectivity index (χ1) is 9.92. The Balaban J connectivity index is 2.33. The van der Waals surface area contributed by atoms with E-state index in [0.29, 0.717) is 23.1 Å². The quantitative estimate of drug-likeness (QED) is 0.883. The predicted molar refractivity (Wildman–Crippen MR) is 84.9 cm³/mol. The molecule has 2 rings (SSSR count). The van der Waals surface area contributed by atoms with Gasteiger partial charge in [0.2, 0.25) is 0 Å². The van der Waals surface area contributed by atoms with E-state index in [4.69, 9.17) is 27.9 Å². The zero-order chi connectivity index (χ0) is 15.5. The minimum Gasteiger partial charge on any atom is -0.494 e. The van der Waals surface area contributed by atoms with Crippen LogP contribution >= 0.6 is 23.2 Å². The van der Waals surface area contributed by atoms with Crippen LogP contribution in [0.15, 0.2) is 47.4 Å². The highest BCUT2D eigenvalue weighted by Crippen LogP contribution is 2.27. The van der Waals surface area contributed by atoms with Crippen molar-refractivity contribution in [1.82, 2.24) is 0 Å². The molecule has 0 spiro atoms. The van der Waals surface area contributed by atoms with Gasteiger partial charge in [-0.2, -0.15) is 0 Å². The predicted octanol–water partition coefficient (Wildman–Crippen LogP) is 4.19. The van der Waals surface area contributed by atoms with Gasteiger partial charge in [0.25, 0.3) is 10.0 Å². The maximum atomic E-state index is 12.3. The molecule has 0 radical (unpaired) electrons. The Morgan fingerprint density at radius 1 is 1.14 bits per heavy atom. The lowest BCUT2D eigenvalue weighted by molar-refractivity contribution is 0.340.